The summed E-state index contributed by atoms with van der Waals surface area (Å²) in [4.78, 5) is 37.3. The normalized spacial score (nSPS) is 11.6. The largest absolute Gasteiger partial charge is 0.481 e. The minimum absolute atomic E-state index is 0.0109. The summed E-state index contributed by atoms with van der Waals surface area (Å²) < 4.78 is 17.4. The van der Waals surface area contributed by atoms with Crippen molar-refractivity contribution in [3.05, 3.63) is 51.1 Å². The van der Waals surface area contributed by atoms with Gasteiger partial charge in [-0.05, 0) is 38.5 Å². The fourth-order valence-electron chi connectivity index (χ4n) is 3.32. The number of thiophene rings is 1. The Labute approximate surface area is 221 Å². The third-order valence-electron chi connectivity index (χ3n) is 5.06. The number of esters is 2. The Morgan fingerprint density at radius 3 is 2.50 bits per heavy atom. The van der Waals surface area contributed by atoms with Crippen LogP contribution in [0.3, 0.4) is 0 Å². The monoisotopic (exact) mass is 552 g/mol. The molecule has 13 heteroatoms. The molecule has 1 N–H and O–H groups in total. The van der Waals surface area contributed by atoms with Gasteiger partial charge in [-0.1, -0.05) is 35.5 Å². The van der Waals surface area contributed by atoms with E-state index in [2.05, 4.69) is 15.5 Å². The third-order valence-corrected chi connectivity index (χ3v) is 7.52. The van der Waals surface area contributed by atoms with Crippen molar-refractivity contribution in [1.29, 1.82) is 0 Å². The summed E-state index contributed by atoms with van der Waals surface area (Å²) in [5.41, 5.74) is 0.496. The zero-order chi connectivity index (χ0) is 26.4. The molecule has 0 aliphatic rings. The lowest BCUT2D eigenvalue weighted by atomic mass is 10.1. The number of ether oxygens (including phenoxy) is 3. The molecule has 0 spiro atoms. The Balaban J connectivity index is 1.72. The van der Waals surface area contributed by atoms with Crippen LogP contribution in [0.2, 0.25) is 5.02 Å². The molecular formula is C23H25ClN4O6S2. The van der Waals surface area contributed by atoms with E-state index in [1.54, 1.807) is 19.1 Å². The molecule has 2 heterocycles. The van der Waals surface area contributed by atoms with E-state index in [0.29, 0.717) is 33.9 Å². The molecule has 2 aromatic heterocycles. The number of nitrogens with one attached hydrogen (secondary N) is 1. The fraction of sp³-hybridized carbons (Fsp3) is 0.348. The van der Waals surface area contributed by atoms with Crippen LogP contribution in [-0.4, -0.2) is 52.6 Å². The summed E-state index contributed by atoms with van der Waals surface area (Å²) in [7, 11) is 2.47. The second-order valence-electron chi connectivity index (χ2n) is 7.36. The Bertz CT molecular complexity index is 1280. The lowest BCUT2D eigenvalue weighted by Gasteiger charge is -2.16. The number of amides is 1. The van der Waals surface area contributed by atoms with Crippen LogP contribution in [0.15, 0.2) is 29.4 Å². The Morgan fingerprint density at radius 1 is 1.17 bits per heavy atom. The summed E-state index contributed by atoms with van der Waals surface area (Å²) >= 11 is 8.33. The molecule has 0 aliphatic heterocycles. The lowest BCUT2D eigenvalue weighted by Crippen LogP contribution is -2.17. The van der Waals surface area contributed by atoms with Gasteiger partial charge in [0, 0.05) is 6.54 Å². The molecule has 192 valence electrons. The summed E-state index contributed by atoms with van der Waals surface area (Å²) in [6, 6.07) is 7.15. The summed E-state index contributed by atoms with van der Waals surface area (Å²) in [5, 5.41) is 12.4. The average molecular weight is 553 g/mol. The van der Waals surface area contributed by atoms with Crippen molar-refractivity contribution in [2.75, 3.05) is 25.3 Å². The van der Waals surface area contributed by atoms with Crippen molar-refractivity contribution in [2.45, 2.75) is 38.6 Å². The second kappa shape index (κ2) is 12.2. The smallest absolute Gasteiger partial charge is 0.348 e. The number of para-hydroxylation sites is 1. The lowest BCUT2D eigenvalue weighted by molar-refractivity contribution is -0.113. The van der Waals surface area contributed by atoms with Gasteiger partial charge in [0.05, 0.1) is 30.6 Å². The third kappa shape index (κ3) is 6.00. The van der Waals surface area contributed by atoms with Crippen molar-refractivity contribution >= 4 is 57.5 Å². The molecule has 0 bridgehead atoms. The summed E-state index contributed by atoms with van der Waals surface area (Å²) in [6.45, 7) is 5.93. The van der Waals surface area contributed by atoms with Crippen molar-refractivity contribution in [1.82, 2.24) is 14.8 Å². The second-order valence-corrected chi connectivity index (χ2v) is 9.73. The SMILES string of the molecule is CCn1c(SCC(=O)Nc2sc(C(=O)OC)c(C)c2C(=O)OC)nnc1C(C)Oc1ccccc1Cl. The van der Waals surface area contributed by atoms with E-state index in [4.69, 9.17) is 25.8 Å². The molecular weight excluding hydrogens is 528 g/mol. The van der Waals surface area contributed by atoms with E-state index in [9.17, 15) is 14.4 Å². The molecule has 0 fully saturated rings. The number of carbonyl (C=O) groups is 3. The van der Waals surface area contributed by atoms with Crippen molar-refractivity contribution in [3.63, 3.8) is 0 Å². The van der Waals surface area contributed by atoms with Crippen LogP contribution in [0.25, 0.3) is 0 Å². The number of hydrogen-bond acceptors (Lipinski definition) is 10. The minimum atomic E-state index is -0.662. The first-order valence-electron chi connectivity index (χ1n) is 10.8. The molecule has 0 saturated carbocycles. The van der Waals surface area contributed by atoms with Crippen LogP contribution in [0.1, 0.15) is 51.4 Å². The molecule has 1 aromatic carbocycles. The quantitative estimate of drug-likeness (QED) is 0.280. The molecule has 1 unspecified atom stereocenters. The van der Waals surface area contributed by atoms with Gasteiger partial charge >= 0.3 is 11.9 Å². The maximum Gasteiger partial charge on any atom is 0.348 e. The van der Waals surface area contributed by atoms with Gasteiger partial charge in [-0.2, -0.15) is 0 Å². The first-order valence-corrected chi connectivity index (χ1v) is 13.0. The highest BCUT2D eigenvalue weighted by molar-refractivity contribution is 7.99. The number of methoxy groups -OCH3 is 2. The van der Waals surface area contributed by atoms with Gasteiger partial charge in [0.15, 0.2) is 17.1 Å². The number of halogens is 1. The maximum absolute atomic E-state index is 12.7. The van der Waals surface area contributed by atoms with E-state index >= 15 is 0 Å². The Kier molecular flexibility index (Phi) is 9.35. The first-order chi connectivity index (χ1) is 17.2. The Hall–Kier alpha value is -3.09. The van der Waals surface area contributed by atoms with Gasteiger partial charge in [0.2, 0.25) is 5.91 Å². The van der Waals surface area contributed by atoms with Gasteiger partial charge in [0.1, 0.15) is 15.6 Å². The molecule has 0 saturated heterocycles. The summed E-state index contributed by atoms with van der Waals surface area (Å²) in [5.74, 6) is -0.549. The van der Waals surface area contributed by atoms with Gasteiger partial charge in [-0.3, -0.25) is 4.79 Å². The first kappa shape index (κ1) is 27.5. The molecule has 1 amide bonds. The zero-order valence-electron chi connectivity index (χ0n) is 20.3. The van der Waals surface area contributed by atoms with Crippen molar-refractivity contribution < 1.29 is 28.6 Å². The number of nitrogens with zero attached hydrogens (tertiary/aromatic N) is 3. The standard InChI is InChI=1S/C23H25ClN4O6S2/c1-6-28-19(13(3)34-15-10-8-7-9-14(15)24)26-27-23(28)35-11-16(29)25-20-17(21(30)32-4)12(2)18(36-20)22(31)33-5/h7-10,13H,6,11H2,1-5H3,(H,25,29). The topological polar surface area (TPSA) is 122 Å². The van der Waals surface area contributed by atoms with Crippen LogP contribution >= 0.6 is 34.7 Å². The van der Waals surface area contributed by atoms with Crippen LogP contribution in [0, 0.1) is 6.92 Å². The van der Waals surface area contributed by atoms with E-state index in [-0.39, 0.29) is 21.2 Å². The number of hydrogen-bond donors (Lipinski definition) is 1. The van der Waals surface area contributed by atoms with Gasteiger partial charge in [0.25, 0.3) is 0 Å². The van der Waals surface area contributed by atoms with E-state index in [0.717, 1.165) is 11.3 Å². The minimum Gasteiger partial charge on any atom is -0.481 e. The average Bonchev–Trinajstić information content (AvgIpc) is 3.43. The highest BCUT2D eigenvalue weighted by Gasteiger charge is 2.27. The Morgan fingerprint density at radius 2 is 1.86 bits per heavy atom. The summed E-state index contributed by atoms with van der Waals surface area (Å²) in [6.07, 6.45) is -0.436. The molecule has 36 heavy (non-hydrogen) atoms. The van der Waals surface area contributed by atoms with Crippen molar-refractivity contribution in [2.24, 2.45) is 0 Å². The maximum atomic E-state index is 12.7. The zero-order valence-corrected chi connectivity index (χ0v) is 22.7. The van der Waals surface area contributed by atoms with E-state index in [1.807, 2.05) is 30.5 Å². The molecule has 3 rings (SSSR count). The van der Waals surface area contributed by atoms with E-state index < -0.39 is 23.9 Å². The number of rotatable bonds is 10. The molecule has 0 radical (unpaired) electrons. The highest BCUT2D eigenvalue weighted by Crippen LogP contribution is 2.34. The number of benzene rings is 1. The van der Waals surface area contributed by atoms with Gasteiger partial charge < -0.3 is 24.1 Å². The van der Waals surface area contributed by atoms with Crippen molar-refractivity contribution in [3.8, 4) is 5.75 Å². The predicted molar refractivity (Wildman–Crippen MR) is 137 cm³/mol. The molecule has 10 nitrogen and oxygen atoms in total. The van der Waals surface area contributed by atoms with Crippen LogP contribution in [0.4, 0.5) is 5.00 Å². The highest BCUT2D eigenvalue weighted by atomic mass is 35.5. The van der Waals surface area contributed by atoms with Gasteiger partial charge in [-0.15, -0.1) is 21.5 Å². The predicted octanol–water partition coefficient (Wildman–Crippen LogP) is 4.77. The number of thioether (sulfide) groups is 1. The van der Waals surface area contributed by atoms with Crippen LogP contribution in [0.5, 0.6) is 5.75 Å². The van der Waals surface area contributed by atoms with Crippen LogP contribution < -0.4 is 10.1 Å². The molecule has 3 aromatic rings. The number of carbonyl (C=O) groups excluding carboxylic acids is 3. The molecule has 0 aliphatic carbocycles. The molecule has 1 atom stereocenters. The van der Waals surface area contributed by atoms with E-state index in [1.165, 1.54) is 26.0 Å². The number of aromatic nitrogens is 3. The fourth-order valence-corrected chi connectivity index (χ4v) is 5.44. The van der Waals surface area contributed by atoms with Gasteiger partial charge in [-0.25, -0.2) is 9.59 Å². The van der Waals surface area contributed by atoms with Crippen LogP contribution in [-0.2, 0) is 20.8 Å². The number of anilines is 1.